The monoisotopic (exact) mass is 680 g/mol. The molecule has 0 bridgehead atoms. The Labute approximate surface area is 291 Å². The molecule has 50 heavy (non-hydrogen) atoms. The number of nitrogens with zero attached hydrogens (tertiary/aromatic N) is 6. The van der Waals surface area contributed by atoms with E-state index in [4.69, 9.17) is 20.9 Å². The first kappa shape index (κ1) is 35.2. The molecule has 4 aromatic rings. The largest absolute Gasteiger partial charge is 0.379 e. The summed E-state index contributed by atoms with van der Waals surface area (Å²) in [5.74, 6) is 4.83. The van der Waals surface area contributed by atoms with Crippen LogP contribution in [0, 0.1) is 11.8 Å². The molecule has 3 aliphatic heterocycles. The number of fused-ring (bicyclic) bond motifs is 1. The molecule has 262 valence electrons. The molecule has 5 N–H and O–H groups in total. The van der Waals surface area contributed by atoms with Crippen molar-refractivity contribution < 1.29 is 24.2 Å². The van der Waals surface area contributed by atoms with E-state index in [-0.39, 0.29) is 18.2 Å². The number of likely N-dealkylation sites (tertiary alicyclic amines) is 1. The molecule has 1 atom stereocenters. The highest BCUT2D eigenvalue weighted by Crippen LogP contribution is 2.27. The van der Waals surface area contributed by atoms with Gasteiger partial charge in [-0.2, -0.15) is 0 Å². The van der Waals surface area contributed by atoms with E-state index in [1.807, 2.05) is 48.8 Å². The highest BCUT2D eigenvalue weighted by molar-refractivity contribution is 5.93. The van der Waals surface area contributed by atoms with Gasteiger partial charge in [0.2, 0.25) is 11.4 Å². The SMILES string of the molecule is CN1CC[C@@](O)(C#Cc2cccc(-c3nc(C(N)=O)n4cc(CN5CCOCC5)ccc34)c2)C1=O.NCc1ccc(CN2CCOCC2)cn1. The van der Waals surface area contributed by atoms with Crippen LogP contribution in [0.4, 0.5) is 0 Å². The van der Waals surface area contributed by atoms with E-state index < -0.39 is 11.5 Å². The number of likely N-dealkylation sites (N-methyl/N-ethyl adjacent to an activating group) is 1. The molecule has 1 aromatic carbocycles. The van der Waals surface area contributed by atoms with Crippen LogP contribution in [0.1, 0.15) is 39.4 Å². The maximum absolute atomic E-state index is 12.2. The summed E-state index contributed by atoms with van der Waals surface area (Å²) in [5.41, 5.74) is 15.5. The van der Waals surface area contributed by atoms with Crippen molar-refractivity contribution in [3.05, 3.63) is 89.1 Å². The predicted molar refractivity (Wildman–Crippen MR) is 188 cm³/mol. The molecule has 0 unspecified atom stereocenters. The van der Waals surface area contributed by atoms with E-state index in [1.165, 1.54) is 10.5 Å². The molecule has 6 heterocycles. The topological polar surface area (TPSA) is 165 Å². The van der Waals surface area contributed by atoms with Crippen LogP contribution in [0.2, 0.25) is 0 Å². The van der Waals surface area contributed by atoms with Crippen molar-refractivity contribution in [3.63, 3.8) is 0 Å². The molecule has 13 nitrogen and oxygen atoms in total. The maximum atomic E-state index is 12.2. The zero-order chi connectivity index (χ0) is 35.1. The number of hydrogen-bond acceptors (Lipinski definition) is 10. The normalized spacial score (nSPS) is 19.9. The van der Waals surface area contributed by atoms with Crippen LogP contribution in [0.5, 0.6) is 0 Å². The lowest BCUT2D eigenvalue weighted by molar-refractivity contribution is -0.137. The summed E-state index contributed by atoms with van der Waals surface area (Å²) in [6, 6.07) is 15.4. The number of nitrogens with two attached hydrogens (primary N) is 2. The first-order valence-electron chi connectivity index (χ1n) is 16.9. The number of amides is 2. The van der Waals surface area contributed by atoms with E-state index in [1.54, 1.807) is 17.5 Å². The third-order valence-electron chi connectivity index (χ3n) is 9.09. The lowest BCUT2D eigenvalue weighted by Crippen LogP contribution is -2.37. The molecule has 0 spiro atoms. The fourth-order valence-corrected chi connectivity index (χ4v) is 6.20. The number of morpholine rings is 2. The third-order valence-corrected chi connectivity index (χ3v) is 9.09. The number of pyridine rings is 2. The summed E-state index contributed by atoms with van der Waals surface area (Å²) in [4.78, 5) is 39.4. The van der Waals surface area contributed by atoms with Gasteiger partial charge in [0, 0.05) is 89.3 Å². The minimum absolute atomic E-state index is 0.157. The zero-order valence-electron chi connectivity index (χ0n) is 28.4. The van der Waals surface area contributed by atoms with Gasteiger partial charge in [0.25, 0.3) is 11.8 Å². The van der Waals surface area contributed by atoms with Crippen LogP contribution in [0.15, 0.2) is 60.9 Å². The molecule has 13 heteroatoms. The second kappa shape index (κ2) is 15.9. The van der Waals surface area contributed by atoms with Gasteiger partial charge in [0.05, 0.1) is 43.3 Å². The molecule has 3 aliphatic rings. The number of ether oxygens (including phenoxy) is 2. The van der Waals surface area contributed by atoms with Gasteiger partial charge in [-0.1, -0.05) is 36.1 Å². The quantitative estimate of drug-likeness (QED) is 0.242. The van der Waals surface area contributed by atoms with Crippen LogP contribution in [-0.2, 0) is 33.9 Å². The second-order valence-corrected chi connectivity index (χ2v) is 12.7. The Bertz CT molecular complexity index is 1870. The first-order valence-corrected chi connectivity index (χ1v) is 16.9. The number of aliphatic hydroxyl groups is 1. The summed E-state index contributed by atoms with van der Waals surface area (Å²) in [5, 5.41) is 10.6. The molecule has 0 radical (unpaired) electrons. The van der Waals surface area contributed by atoms with Crippen LogP contribution in [-0.4, -0.2) is 118 Å². The zero-order valence-corrected chi connectivity index (χ0v) is 28.4. The fraction of sp³-hybridized carbons (Fsp3) is 0.405. The van der Waals surface area contributed by atoms with E-state index >= 15 is 0 Å². The highest BCUT2D eigenvalue weighted by Gasteiger charge is 2.42. The molecule has 7 rings (SSSR count). The van der Waals surface area contributed by atoms with Crippen molar-refractivity contribution in [2.24, 2.45) is 11.5 Å². The molecule has 3 fully saturated rings. The van der Waals surface area contributed by atoms with E-state index in [0.717, 1.165) is 74.8 Å². The molecule has 3 aromatic heterocycles. The summed E-state index contributed by atoms with van der Waals surface area (Å²) >= 11 is 0. The minimum atomic E-state index is -1.66. The minimum Gasteiger partial charge on any atom is -0.379 e. The number of carbonyl (C=O) groups is 2. The number of hydrogen-bond donors (Lipinski definition) is 3. The third kappa shape index (κ3) is 8.36. The number of aromatic nitrogens is 3. The van der Waals surface area contributed by atoms with Gasteiger partial charge in [-0.05, 0) is 35.4 Å². The van der Waals surface area contributed by atoms with Gasteiger partial charge in [-0.3, -0.25) is 28.8 Å². The van der Waals surface area contributed by atoms with Crippen LogP contribution in [0.3, 0.4) is 0 Å². The Morgan fingerprint density at radius 3 is 2.24 bits per heavy atom. The van der Waals surface area contributed by atoms with Gasteiger partial charge in [-0.15, -0.1) is 0 Å². The number of imidazole rings is 1. The smallest absolute Gasteiger partial charge is 0.285 e. The van der Waals surface area contributed by atoms with Crippen molar-refractivity contribution in [2.45, 2.75) is 31.7 Å². The van der Waals surface area contributed by atoms with Gasteiger partial charge in [0.1, 0.15) is 0 Å². The van der Waals surface area contributed by atoms with Crippen LogP contribution < -0.4 is 11.5 Å². The van der Waals surface area contributed by atoms with Crippen LogP contribution in [0.25, 0.3) is 16.8 Å². The summed E-state index contributed by atoms with van der Waals surface area (Å²) in [6.45, 7) is 9.54. The molecule has 0 aliphatic carbocycles. The molecule has 2 amide bonds. The average molecular weight is 681 g/mol. The number of benzene rings is 1. The Morgan fingerprint density at radius 1 is 0.960 bits per heavy atom. The lowest BCUT2D eigenvalue weighted by atomic mass is 10.0. The maximum Gasteiger partial charge on any atom is 0.285 e. The lowest BCUT2D eigenvalue weighted by Gasteiger charge is -2.26. The average Bonchev–Trinajstić information content (AvgIpc) is 3.65. The molecular weight excluding hydrogens is 636 g/mol. The Kier molecular flexibility index (Phi) is 11.2. The summed E-state index contributed by atoms with van der Waals surface area (Å²) in [7, 11) is 1.65. The van der Waals surface area contributed by atoms with Gasteiger partial charge in [0.15, 0.2) is 0 Å². The number of rotatable bonds is 7. The van der Waals surface area contributed by atoms with Gasteiger partial charge in [-0.25, -0.2) is 4.98 Å². The predicted octanol–water partition coefficient (Wildman–Crippen LogP) is 1.25. The summed E-state index contributed by atoms with van der Waals surface area (Å²) in [6.07, 6.45) is 4.09. The molecule has 0 saturated carbocycles. The van der Waals surface area contributed by atoms with Crippen molar-refractivity contribution in [2.75, 3.05) is 66.2 Å². The first-order chi connectivity index (χ1) is 24.2. The van der Waals surface area contributed by atoms with E-state index in [2.05, 4.69) is 37.7 Å². The van der Waals surface area contributed by atoms with Crippen molar-refractivity contribution >= 4 is 17.3 Å². The Morgan fingerprint density at radius 2 is 1.64 bits per heavy atom. The van der Waals surface area contributed by atoms with E-state index in [0.29, 0.717) is 37.6 Å². The Hall–Kier alpha value is -4.68. The molecular formula is C37H44N8O5. The Balaban J connectivity index is 0.000000240. The number of primary amides is 1. The van der Waals surface area contributed by atoms with Gasteiger partial charge >= 0.3 is 0 Å². The van der Waals surface area contributed by atoms with Crippen LogP contribution >= 0.6 is 0 Å². The van der Waals surface area contributed by atoms with E-state index in [9.17, 15) is 14.7 Å². The fourth-order valence-electron chi connectivity index (χ4n) is 6.20. The number of carbonyl (C=O) groups excluding carboxylic acids is 2. The molecule has 3 saturated heterocycles. The van der Waals surface area contributed by atoms with Crippen molar-refractivity contribution in [1.82, 2.24) is 29.1 Å². The highest BCUT2D eigenvalue weighted by atomic mass is 16.5. The standard InChI is InChI=1S/C26H27N5O4.C11H17N3O/c1-29-10-9-26(34,25(29)33)8-7-18-3-2-4-20(15-18)22-21-6-5-19(16-30-11-13-35-14-12-30)17-31(21)24(28-22)23(27)32;12-7-11-2-1-10(8-13-11)9-14-3-5-15-6-4-14/h2-6,15,17,34H,9-14,16H2,1H3,(H2,27,32);1-2,8H,3-7,9,12H2/t26-;/m0./s1. The summed E-state index contributed by atoms with van der Waals surface area (Å²) < 4.78 is 12.5. The van der Waals surface area contributed by atoms with Crippen molar-refractivity contribution in [1.29, 1.82) is 0 Å². The second-order valence-electron chi connectivity index (χ2n) is 12.7. The van der Waals surface area contributed by atoms with Crippen molar-refractivity contribution in [3.8, 4) is 23.1 Å². The van der Waals surface area contributed by atoms with Gasteiger partial charge < -0.3 is 30.9 Å².